The topological polar surface area (TPSA) is 53.8 Å². The van der Waals surface area contributed by atoms with Crippen LogP contribution in [0.15, 0.2) is 59.2 Å². The Labute approximate surface area is 176 Å². The lowest BCUT2D eigenvalue weighted by molar-refractivity contribution is -0.131. The van der Waals surface area contributed by atoms with Crippen molar-refractivity contribution in [3.63, 3.8) is 0 Å². The van der Waals surface area contributed by atoms with Crippen LogP contribution in [0, 0.1) is 11.8 Å². The Hall–Kier alpha value is -3.08. The Bertz CT molecular complexity index is 1080. The minimum atomic E-state index is 0.0267. The second kappa shape index (κ2) is 7.63. The minimum absolute atomic E-state index is 0.0267. The van der Waals surface area contributed by atoms with Crippen molar-refractivity contribution >= 4 is 22.8 Å². The zero-order valence-electron chi connectivity index (χ0n) is 17.2. The van der Waals surface area contributed by atoms with Crippen molar-refractivity contribution in [3.8, 4) is 11.1 Å². The predicted octanol–water partition coefficient (Wildman–Crippen LogP) is 4.43. The molecule has 1 saturated carbocycles. The van der Waals surface area contributed by atoms with E-state index in [0.29, 0.717) is 23.9 Å². The normalized spacial score (nSPS) is 18.7. The second-order valence-electron chi connectivity index (χ2n) is 8.65. The molecule has 0 spiro atoms. The van der Waals surface area contributed by atoms with Crippen molar-refractivity contribution in [3.05, 3.63) is 60.4 Å². The number of hydrogen-bond acceptors (Lipinski definition) is 3. The second-order valence-corrected chi connectivity index (χ2v) is 8.65. The number of likely N-dealkylation sites (tertiary alicyclic amines) is 1. The average Bonchev–Trinajstić information content (AvgIpc) is 3.34. The molecule has 1 aromatic heterocycles. The fourth-order valence-electron chi connectivity index (χ4n) is 4.41. The Morgan fingerprint density at radius 2 is 1.80 bits per heavy atom. The molecule has 5 rings (SSSR count). The van der Waals surface area contributed by atoms with Gasteiger partial charge in [0, 0.05) is 43.5 Å². The van der Waals surface area contributed by atoms with Gasteiger partial charge in [0.25, 0.3) is 5.91 Å². The molecule has 2 fully saturated rings. The highest BCUT2D eigenvalue weighted by atomic mass is 16.3. The molecule has 2 aliphatic rings. The van der Waals surface area contributed by atoms with E-state index < -0.39 is 0 Å². The Balaban J connectivity index is 1.21. The summed E-state index contributed by atoms with van der Waals surface area (Å²) in [5, 5.41) is 1.07. The van der Waals surface area contributed by atoms with Crippen LogP contribution >= 0.6 is 0 Å². The molecule has 5 heteroatoms. The summed E-state index contributed by atoms with van der Waals surface area (Å²) in [5.74, 6) is 0.980. The number of hydrogen-bond donors (Lipinski definition) is 0. The van der Waals surface area contributed by atoms with Crippen LogP contribution in [0.2, 0.25) is 0 Å². The molecule has 2 heterocycles. The van der Waals surface area contributed by atoms with Gasteiger partial charge in [0.2, 0.25) is 5.91 Å². The first-order valence-corrected chi connectivity index (χ1v) is 10.7. The summed E-state index contributed by atoms with van der Waals surface area (Å²) in [7, 11) is 1.86. The molecule has 154 valence electrons. The number of carbonyl (C=O) groups is 2. The summed E-state index contributed by atoms with van der Waals surface area (Å²) in [6.07, 6.45) is 4.76. The van der Waals surface area contributed by atoms with E-state index in [1.807, 2.05) is 54.4 Å². The maximum absolute atomic E-state index is 12.9. The van der Waals surface area contributed by atoms with Gasteiger partial charge in [0.1, 0.15) is 5.58 Å². The molecule has 0 radical (unpaired) electrons. The highest BCUT2D eigenvalue weighted by Crippen LogP contribution is 2.33. The third kappa shape index (κ3) is 3.72. The highest BCUT2D eigenvalue weighted by molar-refractivity contribution is 5.94. The van der Waals surface area contributed by atoms with Crippen LogP contribution in [0.5, 0.6) is 0 Å². The van der Waals surface area contributed by atoms with Crippen molar-refractivity contribution in [1.29, 1.82) is 0 Å². The lowest BCUT2D eigenvalue weighted by atomic mass is 10.0. The SMILES string of the molecule is CN(C[C@@H]1CCN(C(=O)C2CC2)C1)C(=O)c1ccc(-c2ccc3occc3c2)cc1. The van der Waals surface area contributed by atoms with Gasteiger partial charge in [-0.25, -0.2) is 0 Å². The van der Waals surface area contributed by atoms with Gasteiger partial charge in [-0.05, 0) is 66.6 Å². The molecular weight excluding hydrogens is 376 g/mol. The number of amides is 2. The van der Waals surface area contributed by atoms with Crippen LogP contribution in [-0.2, 0) is 4.79 Å². The smallest absolute Gasteiger partial charge is 0.253 e. The minimum Gasteiger partial charge on any atom is -0.464 e. The van der Waals surface area contributed by atoms with Gasteiger partial charge in [-0.15, -0.1) is 0 Å². The Kier molecular flexibility index (Phi) is 4.81. The monoisotopic (exact) mass is 402 g/mol. The lowest BCUT2D eigenvalue weighted by Gasteiger charge is -2.22. The van der Waals surface area contributed by atoms with E-state index in [-0.39, 0.29) is 11.8 Å². The molecule has 30 heavy (non-hydrogen) atoms. The molecule has 1 aliphatic heterocycles. The number of furan rings is 1. The van der Waals surface area contributed by atoms with Gasteiger partial charge in [-0.3, -0.25) is 9.59 Å². The fourth-order valence-corrected chi connectivity index (χ4v) is 4.41. The Morgan fingerprint density at radius 3 is 2.57 bits per heavy atom. The molecule has 5 nitrogen and oxygen atoms in total. The highest BCUT2D eigenvalue weighted by Gasteiger charge is 2.36. The van der Waals surface area contributed by atoms with E-state index in [0.717, 1.165) is 54.4 Å². The zero-order valence-corrected chi connectivity index (χ0v) is 17.2. The first-order valence-electron chi connectivity index (χ1n) is 10.7. The van der Waals surface area contributed by atoms with Crippen LogP contribution in [0.1, 0.15) is 29.6 Å². The van der Waals surface area contributed by atoms with Gasteiger partial charge in [0.05, 0.1) is 6.26 Å². The lowest BCUT2D eigenvalue weighted by Crippen LogP contribution is -2.34. The number of nitrogens with zero attached hydrogens (tertiary/aromatic N) is 2. The summed E-state index contributed by atoms with van der Waals surface area (Å²) in [6, 6.07) is 15.8. The number of fused-ring (bicyclic) bond motifs is 1. The van der Waals surface area contributed by atoms with E-state index in [4.69, 9.17) is 4.42 Å². The van der Waals surface area contributed by atoms with E-state index >= 15 is 0 Å². The average molecular weight is 402 g/mol. The fraction of sp³-hybridized carbons (Fsp3) is 0.360. The third-order valence-electron chi connectivity index (χ3n) is 6.32. The van der Waals surface area contributed by atoms with Gasteiger partial charge >= 0.3 is 0 Å². The van der Waals surface area contributed by atoms with Crippen LogP contribution in [0.4, 0.5) is 0 Å². The standard InChI is InChI=1S/C25H26N2O3/c1-26(15-17-10-12-27(16-17)25(29)20-6-7-20)24(28)19-4-2-18(3-5-19)21-8-9-23-22(14-21)11-13-30-23/h2-5,8-9,11,13-14,17,20H,6-7,10,12,15-16H2,1H3/t17-/m0/s1. The number of benzene rings is 2. The first kappa shape index (κ1) is 18.9. The molecule has 1 saturated heterocycles. The molecule has 1 atom stereocenters. The molecule has 3 aromatic rings. The maximum Gasteiger partial charge on any atom is 0.253 e. The molecule has 0 N–H and O–H groups in total. The molecule has 0 bridgehead atoms. The van der Waals surface area contributed by atoms with Crippen molar-refractivity contribution < 1.29 is 14.0 Å². The zero-order chi connectivity index (χ0) is 20.7. The van der Waals surface area contributed by atoms with Crippen molar-refractivity contribution in [2.45, 2.75) is 19.3 Å². The molecular formula is C25H26N2O3. The summed E-state index contributed by atoms with van der Waals surface area (Å²) >= 11 is 0. The van der Waals surface area contributed by atoms with Gasteiger partial charge in [-0.1, -0.05) is 18.2 Å². The number of rotatable bonds is 5. The molecule has 0 unspecified atom stereocenters. The largest absolute Gasteiger partial charge is 0.464 e. The van der Waals surface area contributed by atoms with Gasteiger partial charge in [0.15, 0.2) is 0 Å². The van der Waals surface area contributed by atoms with Crippen molar-refractivity contribution in [1.82, 2.24) is 9.80 Å². The quantitative estimate of drug-likeness (QED) is 0.634. The molecule has 2 aromatic carbocycles. The predicted molar refractivity (Wildman–Crippen MR) is 116 cm³/mol. The van der Waals surface area contributed by atoms with E-state index in [1.165, 1.54) is 0 Å². The number of carbonyl (C=O) groups excluding carboxylic acids is 2. The van der Waals surface area contributed by atoms with E-state index in [2.05, 4.69) is 6.07 Å². The van der Waals surface area contributed by atoms with Crippen molar-refractivity contribution in [2.24, 2.45) is 11.8 Å². The molecule has 2 amide bonds. The van der Waals surface area contributed by atoms with Crippen LogP contribution in [-0.4, -0.2) is 48.3 Å². The van der Waals surface area contributed by atoms with Crippen LogP contribution in [0.3, 0.4) is 0 Å². The molecule has 1 aliphatic carbocycles. The van der Waals surface area contributed by atoms with E-state index in [9.17, 15) is 9.59 Å². The van der Waals surface area contributed by atoms with Gasteiger partial charge in [-0.2, -0.15) is 0 Å². The maximum atomic E-state index is 12.9. The third-order valence-corrected chi connectivity index (χ3v) is 6.32. The van der Waals surface area contributed by atoms with Crippen molar-refractivity contribution in [2.75, 3.05) is 26.7 Å². The van der Waals surface area contributed by atoms with Gasteiger partial charge < -0.3 is 14.2 Å². The summed E-state index contributed by atoms with van der Waals surface area (Å²) in [4.78, 5) is 28.9. The summed E-state index contributed by atoms with van der Waals surface area (Å²) in [5.41, 5.74) is 3.73. The van der Waals surface area contributed by atoms with Crippen LogP contribution < -0.4 is 0 Å². The Morgan fingerprint density at radius 1 is 1.03 bits per heavy atom. The summed E-state index contributed by atoms with van der Waals surface area (Å²) < 4.78 is 5.40. The first-order chi connectivity index (χ1) is 14.6. The van der Waals surface area contributed by atoms with Crippen LogP contribution in [0.25, 0.3) is 22.1 Å². The van der Waals surface area contributed by atoms with E-state index in [1.54, 1.807) is 11.2 Å². The summed E-state index contributed by atoms with van der Waals surface area (Å²) in [6.45, 7) is 2.30.